The van der Waals surface area contributed by atoms with E-state index in [1.54, 1.807) is 10.6 Å². The fraction of sp³-hybridized carbons (Fsp3) is 0.333. The lowest BCUT2D eigenvalue weighted by molar-refractivity contribution is -0.118. The van der Waals surface area contributed by atoms with Crippen molar-refractivity contribution in [1.82, 2.24) is 4.57 Å². The van der Waals surface area contributed by atoms with Gasteiger partial charge < -0.3 is 9.30 Å². The Kier molecular flexibility index (Phi) is 7.69. The predicted molar refractivity (Wildman–Crippen MR) is 115 cm³/mol. The maximum atomic E-state index is 13.6. The number of carbonyl (C=O) groups is 1. The third-order valence-corrected chi connectivity index (χ3v) is 7.36. The second kappa shape index (κ2) is 10.3. The van der Waals surface area contributed by atoms with Crippen molar-refractivity contribution >= 4 is 37.3 Å². The Labute approximate surface area is 182 Å². The molecule has 0 fully saturated rings. The standard InChI is InChI=1S/C21H22F2N2O4S2/c1-2-29-12-11-25-18-10-7-16(23)14-19(18)30-21(25)24-20(26)4-3-13-31(27,28)17-8-5-15(22)6-9-17/h5-10,14H,2-4,11-13H2,1H3. The number of rotatable bonds is 9. The van der Waals surface area contributed by atoms with Crippen molar-refractivity contribution in [2.75, 3.05) is 19.0 Å². The molecule has 0 saturated carbocycles. The van der Waals surface area contributed by atoms with Crippen LogP contribution in [0.4, 0.5) is 8.78 Å². The summed E-state index contributed by atoms with van der Waals surface area (Å²) in [6.45, 7) is 3.29. The fourth-order valence-corrected chi connectivity index (χ4v) is 5.39. The van der Waals surface area contributed by atoms with Crippen molar-refractivity contribution in [2.24, 2.45) is 4.99 Å². The minimum absolute atomic E-state index is 0.0126. The van der Waals surface area contributed by atoms with Crippen LogP contribution in [-0.4, -0.2) is 37.9 Å². The van der Waals surface area contributed by atoms with Crippen LogP contribution in [0.15, 0.2) is 52.4 Å². The highest BCUT2D eigenvalue weighted by molar-refractivity contribution is 7.91. The number of halogens is 2. The minimum atomic E-state index is -3.62. The predicted octanol–water partition coefficient (Wildman–Crippen LogP) is 3.70. The molecule has 0 bridgehead atoms. The van der Waals surface area contributed by atoms with Crippen molar-refractivity contribution in [3.8, 4) is 0 Å². The highest BCUT2D eigenvalue weighted by Crippen LogP contribution is 2.19. The Hall–Kier alpha value is -2.43. The van der Waals surface area contributed by atoms with Crippen molar-refractivity contribution in [3.05, 3.63) is 58.9 Å². The Morgan fingerprint density at radius 1 is 1.13 bits per heavy atom. The van der Waals surface area contributed by atoms with Gasteiger partial charge in [-0.25, -0.2) is 17.2 Å². The number of amides is 1. The molecule has 1 amide bonds. The number of thiazole rings is 1. The fourth-order valence-electron chi connectivity index (χ4n) is 2.98. The normalized spacial score (nSPS) is 12.5. The van der Waals surface area contributed by atoms with E-state index < -0.39 is 21.6 Å². The van der Waals surface area contributed by atoms with E-state index in [9.17, 15) is 22.0 Å². The van der Waals surface area contributed by atoms with E-state index in [0.717, 1.165) is 17.6 Å². The van der Waals surface area contributed by atoms with Gasteiger partial charge in [0.25, 0.3) is 0 Å². The van der Waals surface area contributed by atoms with Gasteiger partial charge in [-0.1, -0.05) is 11.3 Å². The monoisotopic (exact) mass is 468 g/mol. The van der Waals surface area contributed by atoms with Crippen LogP contribution in [0.5, 0.6) is 0 Å². The summed E-state index contributed by atoms with van der Waals surface area (Å²) in [6.07, 6.45) is 0.0228. The van der Waals surface area contributed by atoms with Gasteiger partial charge in [-0.15, -0.1) is 0 Å². The summed E-state index contributed by atoms with van der Waals surface area (Å²) in [5.74, 6) is -1.61. The number of sulfone groups is 1. The average Bonchev–Trinajstić information content (AvgIpc) is 3.04. The quantitative estimate of drug-likeness (QED) is 0.354. The average molecular weight is 469 g/mol. The molecule has 0 atom stereocenters. The molecular formula is C21H22F2N2O4S2. The van der Waals surface area contributed by atoms with Gasteiger partial charge in [0.05, 0.1) is 27.5 Å². The Morgan fingerprint density at radius 2 is 1.84 bits per heavy atom. The van der Waals surface area contributed by atoms with E-state index in [2.05, 4.69) is 4.99 Å². The zero-order valence-corrected chi connectivity index (χ0v) is 18.5. The summed E-state index contributed by atoms with van der Waals surface area (Å²) < 4.78 is 59.0. The summed E-state index contributed by atoms with van der Waals surface area (Å²) in [6, 6.07) is 8.93. The SMILES string of the molecule is CCOCCn1c(=NC(=O)CCCS(=O)(=O)c2ccc(F)cc2)sc2cc(F)ccc21. The van der Waals surface area contributed by atoms with Crippen LogP contribution in [0.1, 0.15) is 19.8 Å². The summed E-state index contributed by atoms with van der Waals surface area (Å²) in [5.41, 5.74) is 0.747. The van der Waals surface area contributed by atoms with Gasteiger partial charge >= 0.3 is 0 Å². The molecule has 0 N–H and O–H groups in total. The van der Waals surface area contributed by atoms with Gasteiger partial charge in [0, 0.05) is 19.6 Å². The first-order valence-electron chi connectivity index (χ1n) is 9.72. The summed E-state index contributed by atoms with van der Waals surface area (Å²) >= 11 is 1.19. The van der Waals surface area contributed by atoms with Crippen LogP contribution in [-0.2, 0) is 25.9 Å². The number of benzene rings is 2. The topological polar surface area (TPSA) is 77.7 Å². The number of aromatic nitrogens is 1. The highest BCUT2D eigenvalue weighted by atomic mass is 32.2. The first kappa shape index (κ1) is 23.2. The third kappa shape index (κ3) is 6.05. The van der Waals surface area contributed by atoms with Crippen LogP contribution < -0.4 is 4.80 Å². The second-order valence-electron chi connectivity index (χ2n) is 6.73. The molecule has 0 aliphatic heterocycles. The van der Waals surface area contributed by atoms with E-state index in [4.69, 9.17) is 4.74 Å². The highest BCUT2D eigenvalue weighted by Gasteiger charge is 2.15. The molecule has 31 heavy (non-hydrogen) atoms. The van der Waals surface area contributed by atoms with E-state index in [0.29, 0.717) is 29.3 Å². The van der Waals surface area contributed by atoms with Crippen molar-refractivity contribution in [1.29, 1.82) is 0 Å². The lowest BCUT2D eigenvalue weighted by atomic mass is 10.3. The summed E-state index contributed by atoms with van der Waals surface area (Å²) in [7, 11) is -3.62. The van der Waals surface area contributed by atoms with E-state index in [-0.39, 0.29) is 29.3 Å². The summed E-state index contributed by atoms with van der Waals surface area (Å²) in [5, 5.41) is 0. The molecule has 3 rings (SSSR count). The Bertz CT molecular complexity index is 1230. The van der Waals surface area contributed by atoms with Gasteiger partial charge in [0.2, 0.25) is 5.91 Å². The van der Waals surface area contributed by atoms with Crippen LogP contribution in [0, 0.1) is 11.6 Å². The van der Waals surface area contributed by atoms with Crippen molar-refractivity contribution in [3.63, 3.8) is 0 Å². The largest absolute Gasteiger partial charge is 0.380 e. The molecule has 6 nitrogen and oxygen atoms in total. The molecule has 0 unspecified atom stereocenters. The molecule has 10 heteroatoms. The van der Waals surface area contributed by atoms with Gasteiger partial charge in [-0.2, -0.15) is 4.99 Å². The number of carbonyl (C=O) groups excluding carboxylic acids is 1. The number of nitrogens with zero attached hydrogens (tertiary/aromatic N) is 2. The molecular weight excluding hydrogens is 446 g/mol. The summed E-state index contributed by atoms with van der Waals surface area (Å²) in [4.78, 5) is 16.9. The zero-order chi connectivity index (χ0) is 22.4. The van der Waals surface area contributed by atoms with Gasteiger partial charge in [-0.05, 0) is 55.8 Å². The molecule has 1 heterocycles. The van der Waals surface area contributed by atoms with E-state index >= 15 is 0 Å². The van der Waals surface area contributed by atoms with Crippen LogP contribution in [0.25, 0.3) is 10.2 Å². The molecule has 3 aromatic rings. The number of ether oxygens (including phenoxy) is 1. The Morgan fingerprint density at radius 3 is 2.55 bits per heavy atom. The smallest absolute Gasteiger partial charge is 0.248 e. The third-order valence-electron chi connectivity index (χ3n) is 4.50. The van der Waals surface area contributed by atoms with Gasteiger partial charge in [-0.3, -0.25) is 4.79 Å². The van der Waals surface area contributed by atoms with E-state index in [1.165, 1.54) is 35.6 Å². The molecule has 0 saturated heterocycles. The maximum Gasteiger partial charge on any atom is 0.248 e. The lowest BCUT2D eigenvalue weighted by Crippen LogP contribution is -2.20. The van der Waals surface area contributed by atoms with Crippen molar-refractivity contribution < 1.29 is 26.7 Å². The molecule has 0 aliphatic rings. The first-order chi connectivity index (χ1) is 14.8. The van der Waals surface area contributed by atoms with Gasteiger partial charge in [0.15, 0.2) is 14.6 Å². The lowest BCUT2D eigenvalue weighted by Gasteiger charge is -2.05. The first-order valence-corrected chi connectivity index (χ1v) is 12.2. The number of fused-ring (bicyclic) bond motifs is 1. The second-order valence-corrected chi connectivity index (χ2v) is 9.85. The van der Waals surface area contributed by atoms with Gasteiger partial charge in [0.1, 0.15) is 11.6 Å². The van der Waals surface area contributed by atoms with Crippen LogP contribution >= 0.6 is 11.3 Å². The van der Waals surface area contributed by atoms with E-state index in [1.807, 2.05) is 6.92 Å². The number of hydrogen-bond acceptors (Lipinski definition) is 5. The number of hydrogen-bond donors (Lipinski definition) is 0. The molecule has 1 aromatic heterocycles. The van der Waals surface area contributed by atoms with Crippen LogP contribution in [0.3, 0.4) is 0 Å². The van der Waals surface area contributed by atoms with Crippen molar-refractivity contribution in [2.45, 2.75) is 31.2 Å². The Balaban J connectivity index is 1.74. The minimum Gasteiger partial charge on any atom is -0.380 e. The molecule has 2 aromatic carbocycles. The van der Waals surface area contributed by atoms with Crippen LogP contribution in [0.2, 0.25) is 0 Å². The molecule has 0 spiro atoms. The molecule has 166 valence electrons. The molecule has 0 aliphatic carbocycles. The maximum absolute atomic E-state index is 13.6. The molecule has 0 radical (unpaired) electrons. The zero-order valence-electron chi connectivity index (χ0n) is 16.9.